The number of sulfonamides is 1. The molecule has 0 spiro atoms. The van der Waals surface area contributed by atoms with Crippen LogP contribution in [0.2, 0.25) is 0 Å². The van der Waals surface area contributed by atoms with E-state index in [1.165, 1.54) is 40.4 Å². The molecule has 0 saturated carbocycles. The monoisotopic (exact) mass is 489 g/mol. The minimum Gasteiger partial charge on any atom is -0.495 e. The number of nitrogens with zero attached hydrogens (tertiary/aromatic N) is 3. The second-order valence-corrected chi connectivity index (χ2v) is 10.9. The third-order valence-electron chi connectivity index (χ3n) is 7.05. The molecule has 2 aliphatic rings. The Kier molecular flexibility index (Phi) is 7.14. The normalized spacial score (nSPS) is 18.2. The number of piperidine rings is 1. The summed E-state index contributed by atoms with van der Waals surface area (Å²) in [6.07, 6.45) is 0.903. The minimum atomic E-state index is -3.91. The van der Waals surface area contributed by atoms with Gasteiger partial charge in [0.05, 0.1) is 7.11 Å². The summed E-state index contributed by atoms with van der Waals surface area (Å²) in [6.45, 7) is 7.56. The Labute approximate surface area is 201 Å². The molecule has 0 N–H and O–H groups in total. The summed E-state index contributed by atoms with van der Waals surface area (Å²) >= 11 is 0. The number of benzene rings is 2. The molecule has 0 unspecified atom stereocenters. The van der Waals surface area contributed by atoms with Crippen LogP contribution >= 0.6 is 0 Å². The van der Waals surface area contributed by atoms with Crippen molar-refractivity contribution in [2.75, 3.05) is 51.3 Å². The molecule has 2 aromatic carbocycles. The Balaban J connectivity index is 1.35. The van der Waals surface area contributed by atoms with Gasteiger partial charge in [-0.2, -0.15) is 4.31 Å². The summed E-state index contributed by atoms with van der Waals surface area (Å²) in [5.41, 5.74) is 3.75. The van der Waals surface area contributed by atoms with Gasteiger partial charge in [-0.3, -0.25) is 4.79 Å². The highest BCUT2D eigenvalue weighted by atomic mass is 32.2. The summed E-state index contributed by atoms with van der Waals surface area (Å²) in [6, 6.07) is 9.77. The predicted molar refractivity (Wildman–Crippen MR) is 129 cm³/mol. The number of carbonyl (C=O) groups is 1. The molecular formula is C25H32FN3O4S. The quantitative estimate of drug-likeness (QED) is 0.645. The standard InChI is InChI=1S/C25H32FN3O4S/c1-18-5-4-6-22(19(18)2)27-13-15-28(16-14-27)25(30)20-9-11-29(12-10-20)34(31,32)24-17-21(26)7-8-23(24)33-3/h4-8,17,20H,9-16H2,1-3H3. The molecule has 0 aromatic heterocycles. The van der Waals surface area contributed by atoms with Gasteiger partial charge in [0.2, 0.25) is 15.9 Å². The molecule has 184 valence electrons. The largest absolute Gasteiger partial charge is 0.495 e. The first-order valence-corrected chi connectivity index (χ1v) is 13.1. The van der Waals surface area contributed by atoms with Gasteiger partial charge >= 0.3 is 0 Å². The Morgan fingerprint density at radius 1 is 1.00 bits per heavy atom. The van der Waals surface area contributed by atoms with Gasteiger partial charge in [0.15, 0.2) is 0 Å². The number of halogens is 1. The summed E-state index contributed by atoms with van der Waals surface area (Å²) in [7, 11) is -2.55. The minimum absolute atomic E-state index is 0.0981. The topological polar surface area (TPSA) is 70.2 Å². The lowest BCUT2D eigenvalue weighted by Gasteiger charge is -2.39. The molecule has 0 aliphatic carbocycles. The fraction of sp³-hybridized carbons (Fsp3) is 0.480. The molecule has 1 amide bonds. The maximum Gasteiger partial charge on any atom is 0.246 e. The number of ether oxygens (including phenoxy) is 1. The van der Waals surface area contributed by atoms with E-state index in [9.17, 15) is 17.6 Å². The average molecular weight is 490 g/mol. The van der Waals surface area contributed by atoms with E-state index in [0.29, 0.717) is 25.9 Å². The average Bonchev–Trinajstić information content (AvgIpc) is 2.85. The number of amides is 1. The smallest absolute Gasteiger partial charge is 0.246 e. The number of anilines is 1. The molecular weight excluding hydrogens is 457 g/mol. The van der Waals surface area contributed by atoms with Crippen molar-refractivity contribution in [2.24, 2.45) is 5.92 Å². The molecule has 34 heavy (non-hydrogen) atoms. The first kappa shape index (κ1) is 24.5. The third-order valence-corrected chi connectivity index (χ3v) is 8.97. The molecule has 2 heterocycles. The Hall–Kier alpha value is -2.65. The third kappa shape index (κ3) is 4.77. The van der Waals surface area contributed by atoms with Crippen molar-refractivity contribution in [2.45, 2.75) is 31.6 Å². The van der Waals surface area contributed by atoms with Crippen molar-refractivity contribution in [1.29, 1.82) is 0 Å². The van der Waals surface area contributed by atoms with E-state index in [0.717, 1.165) is 19.2 Å². The second kappa shape index (κ2) is 9.92. The molecule has 2 aromatic rings. The van der Waals surface area contributed by atoms with Gasteiger partial charge in [-0.1, -0.05) is 12.1 Å². The Morgan fingerprint density at radius 2 is 1.68 bits per heavy atom. The van der Waals surface area contributed by atoms with Gasteiger partial charge in [0.25, 0.3) is 0 Å². The number of aryl methyl sites for hydroxylation is 1. The second-order valence-electron chi connectivity index (χ2n) is 9.00. The predicted octanol–water partition coefficient (Wildman–Crippen LogP) is 3.20. The van der Waals surface area contributed by atoms with E-state index in [-0.39, 0.29) is 35.6 Å². The highest BCUT2D eigenvalue weighted by Gasteiger charge is 2.36. The number of rotatable bonds is 5. The number of hydrogen-bond acceptors (Lipinski definition) is 5. The van der Waals surface area contributed by atoms with E-state index >= 15 is 0 Å². The van der Waals surface area contributed by atoms with Crippen LogP contribution in [0.3, 0.4) is 0 Å². The summed E-state index contributed by atoms with van der Waals surface area (Å²) in [5.74, 6) is -0.625. The fourth-order valence-corrected chi connectivity index (χ4v) is 6.48. The Morgan fingerprint density at radius 3 is 2.32 bits per heavy atom. The van der Waals surface area contributed by atoms with Crippen molar-refractivity contribution in [3.8, 4) is 5.75 Å². The van der Waals surface area contributed by atoms with Crippen LogP contribution in [-0.2, 0) is 14.8 Å². The first-order chi connectivity index (χ1) is 16.2. The molecule has 2 saturated heterocycles. The van der Waals surface area contributed by atoms with Gasteiger partial charge in [0.1, 0.15) is 16.5 Å². The van der Waals surface area contributed by atoms with Crippen LogP contribution in [0.15, 0.2) is 41.3 Å². The van der Waals surface area contributed by atoms with Crippen LogP contribution in [-0.4, -0.2) is 69.9 Å². The number of hydrogen-bond donors (Lipinski definition) is 0. The molecule has 0 radical (unpaired) electrons. The molecule has 9 heteroatoms. The van der Waals surface area contributed by atoms with Crippen LogP contribution in [0, 0.1) is 25.6 Å². The lowest BCUT2D eigenvalue weighted by molar-refractivity contribution is -0.137. The summed E-state index contributed by atoms with van der Waals surface area (Å²) < 4.78 is 46.4. The lowest BCUT2D eigenvalue weighted by Crippen LogP contribution is -2.52. The van der Waals surface area contributed by atoms with Gasteiger partial charge in [-0.05, 0) is 62.1 Å². The van der Waals surface area contributed by atoms with E-state index in [1.807, 2.05) is 4.90 Å². The van der Waals surface area contributed by atoms with Gasteiger partial charge < -0.3 is 14.5 Å². The zero-order valence-corrected chi connectivity index (χ0v) is 20.8. The molecule has 7 nitrogen and oxygen atoms in total. The van der Waals surface area contributed by atoms with Crippen LogP contribution in [0.4, 0.5) is 10.1 Å². The fourth-order valence-electron chi connectivity index (χ4n) is 4.84. The zero-order chi connectivity index (χ0) is 24.5. The van der Waals surface area contributed by atoms with Crippen molar-refractivity contribution in [3.05, 3.63) is 53.3 Å². The summed E-state index contributed by atoms with van der Waals surface area (Å²) in [5, 5.41) is 0. The van der Waals surface area contributed by atoms with Crippen LogP contribution in [0.1, 0.15) is 24.0 Å². The summed E-state index contributed by atoms with van der Waals surface area (Å²) in [4.78, 5) is 17.2. The first-order valence-electron chi connectivity index (χ1n) is 11.7. The number of carbonyl (C=O) groups excluding carboxylic acids is 1. The van der Waals surface area contributed by atoms with Crippen LogP contribution in [0.25, 0.3) is 0 Å². The van der Waals surface area contributed by atoms with Crippen molar-refractivity contribution in [1.82, 2.24) is 9.21 Å². The zero-order valence-electron chi connectivity index (χ0n) is 20.0. The number of piperazine rings is 1. The van der Waals surface area contributed by atoms with Crippen molar-refractivity contribution >= 4 is 21.6 Å². The van der Waals surface area contributed by atoms with Gasteiger partial charge in [0, 0.05) is 50.9 Å². The van der Waals surface area contributed by atoms with Crippen LogP contribution < -0.4 is 9.64 Å². The molecule has 4 rings (SSSR count). The lowest BCUT2D eigenvalue weighted by atomic mass is 9.96. The number of methoxy groups -OCH3 is 1. The van der Waals surface area contributed by atoms with E-state index in [2.05, 4.69) is 36.9 Å². The molecule has 2 aliphatic heterocycles. The highest BCUT2D eigenvalue weighted by molar-refractivity contribution is 7.89. The van der Waals surface area contributed by atoms with Gasteiger partial charge in [-0.15, -0.1) is 0 Å². The van der Waals surface area contributed by atoms with Crippen LogP contribution in [0.5, 0.6) is 5.75 Å². The highest BCUT2D eigenvalue weighted by Crippen LogP contribution is 2.31. The van der Waals surface area contributed by atoms with Crippen molar-refractivity contribution < 1.29 is 22.3 Å². The molecule has 0 atom stereocenters. The van der Waals surface area contributed by atoms with Crippen molar-refractivity contribution in [3.63, 3.8) is 0 Å². The van der Waals surface area contributed by atoms with E-state index in [1.54, 1.807) is 0 Å². The Bertz CT molecular complexity index is 1150. The van der Waals surface area contributed by atoms with E-state index < -0.39 is 15.8 Å². The maximum absolute atomic E-state index is 13.7. The maximum atomic E-state index is 13.7. The van der Waals surface area contributed by atoms with E-state index in [4.69, 9.17) is 4.74 Å². The SMILES string of the molecule is COc1ccc(F)cc1S(=O)(=O)N1CCC(C(=O)N2CCN(c3cccc(C)c3C)CC2)CC1. The van der Waals surface area contributed by atoms with Gasteiger partial charge in [-0.25, -0.2) is 12.8 Å². The molecule has 2 fully saturated rings. The molecule has 0 bridgehead atoms.